The minimum atomic E-state index is 0. The molecule has 0 aliphatic heterocycles. The molecule has 0 saturated heterocycles. The minimum Gasteiger partial charge on any atom is -0.507 e. The third-order valence-electron chi connectivity index (χ3n) is 7.29. The van der Waals surface area contributed by atoms with Gasteiger partial charge >= 0.3 is 0 Å². The number of nitrogens with zero attached hydrogens (tertiary/aromatic N) is 4. The molecule has 2 aromatic heterocycles. The van der Waals surface area contributed by atoms with E-state index in [0.717, 1.165) is 50.2 Å². The number of para-hydroxylation sites is 3. The van der Waals surface area contributed by atoms with Crippen LogP contribution in [0.4, 0.5) is 0 Å². The molecule has 0 aliphatic carbocycles. The zero-order valence-corrected chi connectivity index (χ0v) is 25.0. The van der Waals surface area contributed by atoms with Crippen molar-refractivity contribution in [2.24, 2.45) is 0 Å². The van der Waals surface area contributed by atoms with Crippen molar-refractivity contribution in [1.29, 1.82) is 5.26 Å². The summed E-state index contributed by atoms with van der Waals surface area (Å²) in [4.78, 5) is 9.65. The van der Waals surface area contributed by atoms with Gasteiger partial charge in [0.05, 0.1) is 28.4 Å². The molecule has 5 aromatic carbocycles. The first-order valence-electron chi connectivity index (χ1n) is 13.5. The predicted octanol–water partition coefficient (Wildman–Crippen LogP) is 8.46. The molecule has 0 fully saturated rings. The van der Waals surface area contributed by atoms with Crippen molar-refractivity contribution >= 4 is 11.0 Å². The van der Waals surface area contributed by atoms with Crippen molar-refractivity contribution in [3.63, 3.8) is 0 Å². The Kier molecular flexibility index (Phi) is 7.70. The maximum atomic E-state index is 11.0. The molecule has 0 saturated carbocycles. The summed E-state index contributed by atoms with van der Waals surface area (Å²) in [5, 5.41) is 20.8. The first-order chi connectivity index (χ1) is 20.7. The SMILES string of the molecule is N#Cc1cc(-c2ccccn2)[c-]c(-c2cccc3c2nc(-c2ccccc2O)n3-c2ccccc2-c2ccccc2)c1.[Pt]. The van der Waals surface area contributed by atoms with Gasteiger partial charge in [-0.3, -0.25) is 9.55 Å². The summed E-state index contributed by atoms with van der Waals surface area (Å²) in [5.41, 5.74) is 8.81. The Morgan fingerprint density at radius 1 is 0.698 bits per heavy atom. The predicted molar refractivity (Wildman–Crippen MR) is 166 cm³/mol. The molecule has 1 N–H and O–H groups in total. The second kappa shape index (κ2) is 11.9. The van der Waals surface area contributed by atoms with Crippen LogP contribution in [0.2, 0.25) is 0 Å². The number of nitriles is 1. The van der Waals surface area contributed by atoms with Crippen LogP contribution in [-0.2, 0) is 21.1 Å². The summed E-state index contributed by atoms with van der Waals surface area (Å²) in [6.45, 7) is 0. The second-order valence-corrected chi connectivity index (χ2v) is 9.87. The fraction of sp³-hybridized carbons (Fsp3) is 0. The van der Waals surface area contributed by atoms with Crippen molar-refractivity contribution < 1.29 is 26.2 Å². The summed E-state index contributed by atoms with van der Waals surface area (Å²) in [6, 6.07) is 46.8. The molecular formula is C37H23N4OPt-. The molecule has 5 nitrogen and oxygen atoms in total. The maximum Gasteiger partial charge on any atom is 0.148 e. The molecular weight excluding hydrogens is 712 g/mol. The van der Waals surface area contributed by atoms with Crippen molar-refractivity contribution in [2.45, 2.75) is 0 Å². The van der Waals surface area contributed by atoms with Gasteiger partial charge in [0.15, 0.2) is 0 Å². The topological polar surface area (TPSA) is 74.7 Å². The first kappa shape index (κ1) is 27.8. The molecule has 7 rings (SSSR count). The van der Waals surface area contributed by atoms with E-state index in [2.05, 4.69) is 46.0 Å². The summed E-state index contributed by atoms with van der Waals surface area (Å²) >= 11 is 0. The van der Waals surface area contributed by atoms with Crippen LogP contribution in [0.5, 0.6) is 5.75 Å². The number of hydrogen-bond donors (Lipinski definition) is 1. The van der Waals surface area contributed by atoms with Crippen LogP contribution in [0.15, 0.2) is 134 Å². The molecule has 0 bridgehead atoms. The normalized spacial score (nSPS) is 10.7. The molecule has 0 spiro atoms. The second-order valence-electron chi connectivity index (χ2n) is 9.87. The largest absolute Gasteiger partial charge is 0.507 e. The Morgan fingerprint density at radius 2 is 1.40 bits per heavy atom. The average molecular weight is 735 g/mol. The minimum absolute atomic E-state index is 0. The van der Waals surface area contributed by atoms with Crippen LogP contribution < -0.4 is 0 Å². The van der Waals surface area contributed by atoms with Gasteiger partial charge in [-0.2, -0.15) is 5.26 Å². The number of benzene rings is 5. The average Bonchev–Trinajstić information content (AvgIpc) is 3.45. The third-order valence-corrected chi connectivity index (χ3v) is 7.29. The molecule has 6 heteroatoms. The Bertz CT molecular complexity index is 2120. The van der Waals surface area contributed by atoms with E-state index >= 15 is 0 Å². The Labute approximate surface area is 263 Å². The van der Waals surface area contributed by atoms with Gasteiger partial charge in [0.25, 0.3) is 0 Å². The van der Waals surface area contributed by atoms with Gasteiger partial charge in [-0.25, -0.2) is 4.98 Å². The first-order valence-corrected chi connectivity index (χ1v) is 13.5. The van der Waals surface area contributed by atoms with Gasteiger partial charge in [-0.1, -0.05) is 96.1 Å². The van der Waals surface area contributed by atoms with E-state index < -0.39 is 0 Å². The van der Waals surface area contributed by atoms with E-state index in [-0.39, 0.29) is 26.8 Å². The number of hydrogen-bond acceptors (Lipinski definition) is 4. The Morgan fingerprint density at radius 3 is 2.16 bits per heavy atom. The summed E-state index contributed by atoms with van der Waals surface area (Å²) in [7, 11) is 0. The zero-order chi connectivity index (χ0) is 28.5. The number of aromatic hydroxyl groups is 1. The molecule has 7 aromatic rings. The number of fused-ring (bicyclic) bond motifs is 1. The quantitative estimate of drug-likeness (QED) is 0.180. The monoisotopic (exact) mass is 734 g/mol. The summed E-state index contributed by atoms with van der Waals surface area (Å²) < 4.78 is 2.10. The van der Waals surface area contributed by atoms with Crippen LogP contribution in [-0.4, -0.2) is 19.6 Å². The molecule has 0 atom stereocenters. The maximum absolute atomic E-state index is 11.0. The number of phenols is 1. The van der Waals surface area contributed by atoms with Crippen LogP contribution in [0.1, 0.15) is 5.56 Å². The van der Waals surface area contributed by atoms with Gasteiger partial charge < -0.3 is 5.11 Å². The van der Waals surface area contributed by atoms with Gasteiger partial charge in [-0.05, 0) is 41.5 Å². The van der Waals surface area contributed by atoms with Gasteiger partial charge in [0, 0.05) is 38.5 Å². The number of phenolic OH excluding ortho intramolecular Hbond substituents is 1. The summed E-state index contributed by atoms with van der Waals surface area (Å²) in [5.74, 6) is 0.753. The Balaban J connectivity index is 0.00000329. The van der Waals surface area contributed by atoms with E-state index in [0.29, 0.717) is 17.0 Å². The van der Waals surface area contributed by atoms with Gasteiger partial charge in [0.2, 0.25) is 0 Å². The van der Waals surface area contributed by atoms with Crippen molar-refractivity contribution in [3.05, 3.63) is 145 Å². The van der Waals surface area contributed by atoms with E-state index in [1.807, 2.05) is 84.9 Å². The molecule has 0 amide bonds. The molecule has 208 valence electrons. The van der Waals surface area contributed by atoms with Crippen molar-refractivity contribution in [3.8, 4) is 62.4 Å². The number of rotatable bonds is 5. The number of imidazole rings is 1. The van der Waals surface area contributed by atoms with E-state index in [4.69, 9.17) is 4.98 Å². The Hall–Kier alpha value is -5.30. The summed E-state index contributed by atoms with van der Waals surface area (Å²) in [6.07, 6.45) is 1.73. The number of aromatic nitrogens is 3. The molecule has 43 heavy (non-hydrogen) atoms. The van der Waals surface area contributed by atoms with E-state index in [1.165, 1.54) is 0 Å². The number of pyridine rings is 1. The molecule has 0 unspecified atom stereocenters. The fourth-order valence-corrected chi connectivity index (χ4v) is 5.37. The van der Waals surface area contributed by atoms with Crippen LogP contribution in [0, 0.1) is 17.4 Å². The third kappa shape index (κ3) is 5.14. The zero-order valence-electron chi connectivity index (χ0n) is 22.8. The van der Waals surface area contributed by atoms with Gasteiger partial charge in [-0.15, -0.1) is 23.8 Å². The van der Waals surface area contributed by atoms with Crippen LogP contribution in [0.25, 0.3) is 61.6 Å². The van der Waals surface area contributed by atoms with Crippen molar-refractivity contribution in [2.75, 3.05) is 0 Å². The smallest absolute Gasteiger partial charge is 0.148 e. The fourth-order valence-electron chi connectivity index (χ4n) is 5.37. The standard InChI is InChI=1S/C37H23N4O.Pt/c38-24-25-21-27(23-28(22-25)32-16-8-9-20-39-32)30-15-10-18-34-36(30)40-37(31-14-5-7-19-35(31)42)41(34)33-17-6-4-13-29(33)26-11-2-1-3-12-26;/h1-22,42H;/q-1;. The molecule has 0 radical (unpaired) electrons. The van der Waals surface area contributed by atoms with Crippen LogP contribution >= 0.6 is 0 Å². The molecule has 0 aliphatic rings. The van der Waals surface area contributed by atoms with E-state index in [9.17, 15) is 10.4 Å². The molecule has 2 heterocycles. The van der Waals surface area contributed by atoms with Crippen molar-refractivity contribution in [1.82, 2.24) is 14.5 Å². The van der Waals surface area contributed by atoms with Gasteiger partial charge in [0.1, 0.15) is 11.6 Å². The van der Waals surface area contributed by atoms with Crippen LogP contribution in [0.3, 0.4) is 0 Å². The van der Waals surface area contributed by atoms with E-state index in [1.54, 1.807) is 24.4 Å².